The van der Waals surface area contributed by atoms with Crippen molar-refractivity contribution in [2.75, 3.05) is 26.7 Å². The highest BCUT2D eigenvalue weighted by Crippen LogP contribution is 2.25. The first-order valence-electron chi connectivity index (χ1n) is 12.3. The number of carbonyl (C=O) groups excluding carboxylic acids is 2. The first-order chi connectivity index (χ1) is 16.6. The van der Waals surface area contributed by atoms with Gasteiger partial charge in [-0.25, -0.2) is 0 Å². The molecule has 0 N–H and O–H groups in total. The number of aryl methyl sites for hydroxylation is 1. The van der Waals surface area contributed by atoms with Crippen LogP contribution in [0.4, 0.5) is 0 Å². The van der Waals surface area contributed by atoms with E-state index < -0.39 is 0 Å². The zero-order valence-corrected chi connectivity index (χ0v) is 20.0. The molecule has 0 spiro atoms. The fraction of sp³-hybridized carbons (Fsp3) is 0.519. The topological polar surface area (TPSA) is 72.0 Å². The Kier molecular flexibility index (Phi) is 8.52. The molecule has 1 aliphatic heterocycles. The fourth-order valence-electron chi connectivity index (χ4n) is 4.91. The molecule has 1 atom stereocenters. The number of nitrogens with zero attached hydrogens (tertiary/aromatic N) is 3. The van der Waals surface area contributed by atoms with E-state index in [1.165, 1.54) is 6.42 Å². The van der Waals surface area contributed by atoms with Crippen molar-refractivity contribution < 1.29 is 19.1 Å². The van der Waals surface area contributed by atoms with Gasteiger partial charge in [0.05, 0.1) is 26.4 Å². The van der Waals surface area contributed by atoms with Crippen molar-refractivity contribution in [3.63, 3.8) is 0 Å². The molecule has 2 amide bonds. The van der Waals surface area contributed by atoms with E-state index in [1.54, 1.807) is 24.4 Å². The summed E-state index contributed by atoms with van der Waals surface area (Å²) >= 11 is 0. The first-order valence-corrected chi connectivity index (χ1v) is 12.3. The molecule has 0 bridgehead atoms. The van der Waals surface area contributed by atoms with E-state index in [4.69, 9.17) is 9.47 Å². The van der Waals surface area contributed by atoms with Gasteiger partial charge in [0.15, 0.2) is 0 Å². The third-order valence-electron chi connectivity index (χ3n) is 6.84. The van der Waals surface area contributed by atoms with Crippen molar-refractivity contribution in [3.8, 4) is 5.75 Å². The lowest BCUT2D eigenvalue weighted by atomic mass is 9.94. The molecule has 1 saturated carbocycles. The Labute approximate surface area is 202 Å². The maximum absolute atomic E-state index is 13.3. The molecule has 2 heterocycles. The van der Waals surface area contributed by atoms with Crippen molar-refractivity contribution in [2.45, 2.75) is 63.7 Å². The third-order valence-corrected chi connectivity index (χ3v) is 6.84. The van der Waals surface area contributed by atoms with Gasteiger partial charge in [-0.05, 0) is 54.7 Å². The van der Waals surface area contributed by atoms with E-state index >= 15 is 0 Å². The molecule has 2 aliphatic rings. The highest BCUT2D eigenvalue weighted by molar-refractivity contribution is 5.85. The summed E-state index contributed by atoms with van der Waals surface area (Å²) in [5.41, 5.74) is 2.08. The third kappa shape index (κ3) is 6.56. The summed E-state index contributed by atoms with van der Waals surface area (Å²) in [5, 5.41) is 0. The zero-order valence-electron chi connectivity index (χ0n) is 20.0. The molecule has 182 valence electrons. The number of rotatable bonds is 8. The molecular formula is C27H35N3O4. The minimum Gasteiger partial charge on any atom is -0.497 e. The van der Waals surface area contributed by atoms with E-state index in [2.05, 4.69) is 4.98 Å². The van der Waals surface area contributed by atoms with Gasteiger partial charge in [-0.15, -0.1) is 0 Å². The summed E-state index contributed by atoms with van der Waals surface area (Å²) in [7, 11) is 1.64. The van der Waals surface area contributed by atoms with Crippen molar-refractivity contribution in [3.05, 3.63) is 59.9 Å². The fourth-order valence-corrected chi connectivity index (χ4v) is 4.91. The second-order valence-electron chi connectivity index (χ2n) is 9.25. The van der Waals surface area contributed by atoms with E-state index in [1.807, 2.05) is 41.3 Å². The summed E-state index contributed by atoms with van der Waals surface area (Å²) < 4.78 is 11.5. The molecule has 0 radical (unpaired) electrons. The van der Waals surface area contributed by atoms with Gasteiger partial charge in [-0.2, -0.15) is 0 Å². The minimum absolute atomic E-state index is 0.0147. The summed E-state index contributed by atoms with van der Waals surface area (Å²) in [6.45, 7) is 1.53. The van der Waals surface area contributed by atoms with Gasteiger partial charge in [0.1, 0.15) is 5.75 Å². The molecule has 7 heteroatoms. The number of benzene rings is 1. The number of methoxy groups -OCH3 is 1. The van der Waals surface area contributed by atoms with Crippen LogP contribution in [0.15, 0.2) is 48.8 Å². The highest BCUT2D eigenvalue weighted by atomic mass is 16.5. The van der Waals surface area contributed by atoms with Crippen LogP contribution in [0, 0.1) is 0 Å². The summed E-state index contributed by atoms with van der Waals surface area (Å²) in [6.07, 6.45) is 9.84. The van der Waals surface area contributed by atoms with Gasteiger partial charge in [0, 0.05) is 37.9 Å². The maximum Gasteiger partial charge on any atom is 0.242 e. The quantitative estimate of drug-likeness (QED) is 0.596. The SMILES string of the molecule is COc1cccc(CCC(=O)N2CC(=O)N(C3CCCCC3)CC(OCc3ccncc3)C2)c1. The minimum atomic E-state index is -0.220. The van der Waals surface area contributed by atoms with Gasteiger partial charge in [-0.1, -0.05) is 31.4 Å². The summed E-state index contributed by atoms with van der Waals surface area (Å²) in [5.74, 6) is 0.804. The van der Waals surface area contributed by atoms with Crippen LogP contribution in [0.25, 0.3) is 0 Å². The second kappa shape index (κ2) is 12.0. The number of hydrogen-bond donors (Lipinski definition) is 0. The van der Waals surface area contributed by atoms with Crippen LogP contribution in [-0.4, -0.2) is 65.5 Å². The Morgan fingerprint density at radius 3 is 2.62 bits per heavy atom. The van der Waals surface area contributed by atoms with E-state index in [9.17, 15) is 9.59 Å². The van der Waals surface area contributed by atoms with Crippen LogP contribution >= 0.6 is 0 Å². The van der Waals surface area contributed by atoms with Crippen LogP contribution in [0.3, 0.4) is 0 Å². The van der Waals surface area contributed by atoms with Crippen LogP contribution in [0.5, 0.6) is 5.75 Å². The van der Waals surface area contributed by atoms with Crippen molar-refractivity contribution in [2.24, 2.45) is 0 Å². The molecule has 4 rings (SSSR count). The van der Waals surface area contributed by atoms with E-state index in [-0.39, 0.29) is 30.5 Å². The summed E-state index contributed by atoms with van der Waals surface area (Å²) in [6, 6.07) is 11.9. The number of hydrogen-bond acceptors (Lipinski definition) is 5. The Hall–Kier alpha value is -2.93. The molecular weight excluding hydrogens is 430 g/mol. The van der Waals surface area contributed by atoms with Gasteiger partial charge < -0.3 is 19.3 Å². The molecule has 2 fully saturated rings. The van der Waals surface area contributed by atoms with Gasteiger partial charge in [-0.3, -0.25) is 14.6 Å². The summed E-state index contributed by atoms with van der Waals surface area (Å²) in [4.78, 5) is 34.2. The number of ether oxygens (including phenoxy) is 2. The highest BCUT2D eigenvalue weighted by Gasteiger charge is 2.34. The Morgan fingerprint density at radius 2 is 1.85 bits per heavy atom. The molecule has 34 heavy (non-hydrogen) atoms. The predicted molar refractivity (Wildman–Crippen MR) is 129 cm³/mol. The molecule has 2 aromatic rings. The Morgan fingerprint density at radius 1 is 1.06 bits per heavy atom. The monoisotopic (exact) mass is 465 g/mol. The van der Waals surface area contributed by atoms with Crippen LogP contribution in [0.1, 0.15) is 49.7 Å². The molecule has 1 saturated heterocycles. The van der Waals surface area contributed by atoms with Crippen molar-refractivity contribution >= 4 is 11.8 Å². The lowest BCUT2D eigenvalue weighted by Crippen LogP contribution is -2.46. The van der Waals surface area contributed by atoms with Crippen molar-refractivity contribution in [1.29, 1.82) is 0 Å². The standard InChI is InChI=1S/C27H35N3O4/c1-33-24-9-5-6-21(16-24)10-11-26(31)29-17-25(34-20-22-12-14-28-15-13-22)18-30(27(32)19-29)23-7-3-2-4-8-23/h5-6,9,12-16,23,25H,2-4,7-8,10-11,17-20H2,1H3. The van der Waals surface area contributed by atoms with Gasteiger partial charge >= 0.3 is 0 Å². The average molecular weight is 466 g/mol. The average Bonchev–Trinajstić information content (AvgIpc) is 3.06. The molecule has 1 aromatic carbocycles. The zero-order chi connectivity index (χ0) is 23.8. The lowest BCUT2D eigenvalue weighted by Gasteiger charge is -2.34. The maximum atomic E-state index is 13.3. The number of pyridine rings is 1. The van der Waals surface area contributed by atoms with E-state index in [0.717, 1.165) is 42.6 Å². The van der Waals surface area contributed by atoms with E-state index in [0.29, 0.717) is 32.5 Å². The molecule has 1 aromatic heterocycles. The number of amides is 2. The van der Waals surface area contributed by atoms with Crippen LogP contribution in [-0.2, 0) is 27.4 Å². The van der Waals surface area contributed by atoms with Gasteiger partial charge in [0.25, 0.3) is 0 Å². The number of aromatic nitrogens is 1. The smallest absolute Gasteiger partial charge is 0.242 e. The van der Waals surface area contributed by atoms with Crippen LogP contribution < -0.4 is 4.74 Å². The van der Waals surface area contributed by atoms with Crippen molar-refractivity contribution in [1.82, 2.24) is 14.8 Å². The van der Waals surface area contributed by atoms with Crippen LogP contribution in [0.2, 0.25) is 0 Å². The Balaban J connectivity index is 1.43. The normalized spacial score (nSPS) is 19.7. The Bertz CT molecular complexity index is 946. The lowest BCUT2D eigenvalue weighted by molar-refractivity contribution is -0.140. The molecule has 1 unspecified atom stereocenters. The number of carbonyl (C=O) groups is 2. The predicted octanol–water partition coefficient (Wildman–Crippen LogP) is 3.61. The van der Waals surface area contributed by atoms with Gasteiger partial charge in [0.2, 0.25) is 11.8 Å². The molecule has 1 aliphatic carbocycles. The molecule has 7 nitrogen and oxygen atoms in total. The first kappa shape index (κ1) is 24.2. The second-order valence-corrected chi connectivity index (χ2v) is 9.25. The largest absolute Gasteiger partial charge is 0.497 e.